The van der Waals surface area contributed by atoms with Crippen molar-refractivity contribution in [1.82, 2.24) is 25.1 Å². The predicted octanol–water partition coefficient (Wildman–Crippen LogP) is 1.08. The molecule has 0 spiro atoms. The maximum atomic E-state index is 14.7. The molecule has 0 saturated carbocycles. The van der Waals surface area contributed by atoms with Crippen molar-refractivity contribution in [1.29, 1.82) is 0 Å². The van der Waals surface area contributed by atoms with Crippen LogP contribution >= 0.6 is 11.6 Å². The van der Waals surface area contributed by atoms with Crippen LogP contribution in [0.5, 0.6) is 5.75 Å². The number of anilines is 1. The monoisotopic (exact) mass is 521 g/mol. The Morgan fingerprint density at radius 1 is 1.29 bits per heavy atom. The van der Waals surface area contributed by atoms with Gasteiger partial charge in [-0.25, -0.2) is 13.4 Å². The molecule has 1 saturated heterocycles. The van der Waals surface area contributed by atoms with Gasteiger partial charge in [-0.05, 0) is 35.9 Å². The van der Waals surface area contributed by atoms with Gasteiger partial charge in [0.05, 0.1) is 11.7 Å². The minimum Gasteiger partial charge on any atom is -0.506 e. The second-order valence-corrected chi connectivity index (χ2v) is 10.3. The van der Waals surface area contributed by atoms with Gasteiger partial charge >= 0.3 is 10.2 Å². The molecule has 1 fully saturated rings. The normalized spacial score (nSPS) is 19.4. The van der Waals surface area contributed by atoms with Gasteiger partial charge in [0.15, 0.2) is 11.8 Å². The van der Waals surface area contributed by atoms with E-state index in [0.29, 0.717) is 40.5 Å². The molecule has 0 aliphatic carbocycles. The van der Waals surface area contributed by atoms with Crippen LogP contribution in [-0.2, 0) is 28.1 Å². The third-order valence-electron chi connectivity index (χ3n) is 5.73. The molecule has 3 aromatic rings. The molecule has 1 amide bonds. The van der Waals surface area contributed by atoms with E-state index < -0.39 is 39.9 Å². The summed E-state index contributed by atoms with van der Waals surface area (Å²) in [6.07, 6.45) is 1.78. The Hall–Kier alpha value is -3.58. The molecular formula is C21H21ClFN7O4S. The topological polar surface area (TPSA) is 141 Å². The summed E-state index contributed by atoms with van der Waals surface area (Å²) in [5.74, 6) is -1.63. The average Bonchev–Trinajstić information content (AvgIpc) is 3.31. The lowest BCUT2D eigenvalue weighted by molar-refractivity contribution is -0.117. The van der Waals surface area contributed by atoms with Gasteiger partial charge in [-0.1, -0.05) is 11.6 Å². The second kappa shape index (κ2) is 8.89. The van der Waals surface area contributed by atoms with Crippen LogP contribution in [0.25, 0.3) is 10.9 Å². The number of aromatic nitrogens is 2. The minimum absolute atomic E-state index is 0.135. The highest BCUT2D eigenvalue weighted by molar-refractivity contribution is 7.92. The summed E-state index contributed by atoms with van der Waals surface area (Å²) in [7, 11) is -4.24. The Bertz CT molecular complexity index is 1440. The van der Waals surface area contributed by atoms with Crippen molar-refractivity contribution >= 4 is 50.3 Å². The lowest BCUT2D eigenvalue weighted by atomic mass is 10.1. The first-order valence-electron chi connectivity index (χ1n) is 10.7. The number of halogens is 2. The fourth-order valence-electron chi connectivity index (χ4n) is 4.09. The number of benzene rings is 2. The summed E-state index contributed by atoms with van der Waals surface area (Å²) < 4.78 is 42.8. The number of hydrogen-bond donors (Lipinski definition) is 4. The predicted molar refractivity (Wildman–Crippen MR) is 128 cm³/mol. The first kappa shape index (κ1) is 23.2. The Morgan fingerprint density at radius 2 is 2.11 bits per heavy atom. The molecule has 0 radical (unpaired) electrons. The fraction of sp³-hybridized carbons (Fsp3) is 0.286. The van der Waals surface area contributed by atoms with E-state index >= 15 is 0 Å². The highest BCUT2D eigenvalue weighted by atomic mass is 35.5. The van der Waals surface area contributed by atoms with Crippen molar-refractivity contribution in [2.24, 2.45) is 10.9 Å². The van der Waals surface area contributed by atoms with Crippen LogP contribution in [0.15, 0.2) is 41.5 Å². The van der Waals surface area contributed by atoms with Crippen LogP contribution in [0.2, 0.25) is 5.02 Å². The zero-order valence-corrected chi connectivity index (χ0v) is 19.8. The zero-order chi connectivity index (χ0) is 24.7. The van der Waals surface area contributed by atoms with Crippen molar-refractivity contribution in [2.75, 3.05) is 23.9 Å². The number of nitrogens with zero attached hydrogens (tertiary/aromatic N) is 4. The number of carbonyl (C=O) groups is 1. The molecule has 184 valence electrons. The van der Waals surface area contributed by atoms with Crippen LogP contribution < -0.4 is 19.7 Å². The maximum absolute atomic E-state index is 14.7. The number of rotatable bonds is 5. The van der Waals surface area contributed by atoms with E-state index in [9.17, 15) is 22.7 Å². The van der Waals surface area contributed by atoms with E-state index in [-0.39, 0.29) is 12.5 Å². The Kier molecular flexibility index (Phi) is 5.89. The number of hydrogen-bond acceptors (Lipinski definition) is 8. The zero-order valence-electron chi connectivity index (χ0n) is 18.2. The molecule has 1 unspecified atom stereocenters. The van der Waals surface area contributed by atoms with Crippen LogP contribution in [-0.4, -0.2) is 54.8 Å². The maximum Gasteiger partial charge on any atom is 0.326 e. The smallest absolute Gasteiger partial charge is 0.326 e. The number of phenols is 1. The van der Waals surface area contributed by atoms with E-state index in [1.54, 1.807) is 10.9 Å². The number of carbonyl (C=O) groups excluding carboxylic acids is 1. The van der Waals surface area contributed by atoms with Gasteiger partial charge < -0.3 is 15.7 Å². The summed E-state index contributed by atoms with van der Waals surface area (Å²) in [5, 5.41) is 22.6. The number of fused-ring (bicyclic) bond motifs is 1. The number of aliphatic imine (C=N–C) groups is 1. The molecule has 2 aliphatic rings. The SMILES string of the molecule is O=C1CN(c2c(O)cc(CNC3=NCC(Cn4ncc5cc(Cl)ccc54)CN3)cc2F)S(=O)(=O)N1. The number of amides is 1. The summed E-state index contributed by atoms with van der Waals surface area (Å²) in [5.41, 5.74) is 0.791. The largest absolute Gasteiger partial charge is 0.506 e. The number of phenolic OH excluding ortho intramolecular Hbond substituents is 1. The van der Waals surface area contributed by atoms with Crippen LogP contribution in [0, 0.1) is 11.7 Å². The third kappa shape index (κ3) is 4.68. The van der Waals surface area contributed by atoms with Crippen LogP contribution in [0.1, 0.15) is 5.56 Å². The van der Waals surface area contributed by atoms with Crippen LogP contribution in [0.3, 0.4) is 0 Å². The molecule has 2 aliphatic heterocycles. The van der Waals surface area contributed by atoms with E-state index in [1.807, 2.05) is 22.9 Å². The molecule has 11 nitrogen and oxygen atoms in total. The molecule has 35 heavy (non-hydrogen) atoms. The molecule has 2 aromatic carbocycles. The standard InChI is InChI=1S/C21H21ClFN7O4S/c22-15-1-2-17-14(5-15)9-27-29(17)10-13-7-25-21(26-8-13)24-6-12-3-16(23)20(18(31)4-12)30-11-19(32)28-35(30,33)34/h1-5,9,13,31H,6-8,10-11H2,(H,28,32)(H2,24,25,26). The summed E-state index contributed by atoms with van der Waals surface area (Å²) in [6, 6.07) is 7.97. The van der Waals surface area contributed by atoms with Crippen molar-refractivity contribution in [2.45, 2.75) is 13.1 Å². The number of aromatic hydroxyl groups is 1. The molecule has 3 heterocycles. The number of nitrogens with one attached hydrogen (secondary N) is 3. The first-order valence-corrected chi connectivity index (χ1v) is 12.5. The van der Waals surface area contributed by atoms with Gasteiger partial charge in [0.25, 0.3) is 5.91 Å². The molecule has 4 N–H and O–H groups in total. The summed E-state index contributed by atoms with van der Waals surface area (Å²) >= 11 is 6.03. The quantitative estimate of drug-likeness (QED) is 0.394. The van der Waals surface area contributed by atoms with E-state index in [2.05, 4.69) is 20.7 Å². The highest BCUT2D eigenvalue weighted by Crippen LogP contribution is 2.34. The second-order valence-electron chi connectivity index (χ2n) is 8.30. The van der Waals surface area contributed by atoms with E-state index in [1.165, 1.54) is 6.07 Å². The molecule has 14 heteroatoms. The molecule has 1 aromatic heterocycles. The van der Waals surface area contributed by atoms with E-state index in [0.717, 1.165) is 17.0 Å². The van der Waals surface area contributed by atoms with Gasteiger partial charge in [0, 0.05) is 42.5 Å². The lowest BCUT2D eigenvalue weighted by Gasteiger charge is -2.24. The first-order chi connectivity index (χ1) is 16.7. The van der Waals surface area contributed by atoms with Gasteiger partial charge in [-0.2, -0.15) is 13.5 Å². The van der Waals surface area contributed by atoms with E-state index in [4.69, 9.17) is 11.6 Å². The van der Waals surface area contributed by atoms with Crippen molar-refractivity contribution < 1.29 is 22.7 Å². The third-order valence-corrected chi connectivity index (χ3v) is 7.35. The summed E-state index contributed by atoms with van der Waals surface area (Å²) in [6.45, 7) is 1.40. The van der Waals surface area contributed by atoms with Crippen molar-refractivity contribution in [3.05, 3.63) is 52.9 Å². The highest BCUT2D eigenvalue weighted by Gasteiger charge is 2.37. The molecule has 0 bridgehead atoms. The number of guanidine groups is 1. The van der Waals surface area contributed by atoms with Gasteiger partial charge in [-0.15, -0.1) is 0 Å². The van der Waals surface area contributed by atoms with Gasteiger partial charge in [0.2, 0.25) is 0 Å². The lowest BCUT2D eigenvalue weighted by Crippen LogP contribution is -2.44. The average molecular weight is 522 g/mol. The fourth-order valence-corrected chi connectivity index (χ4v) is 5.44. The van der Waals surface area contributed by atoms with Crippen molar-refractivity contribution in [3.8, 4) is 5.75 Å². The van der Waals surface area contributed by atoms with Gasteiger partial charge in [0.1, 0.15) is 18.0 Å². The minimum atomic E-state index is -4.24. The Balaban J connectivity index is 1.21. The van der Waals surface area contributed by atoms with Crippen LogP contribution in [0.4, 0.5) is 10.1 Å². The molecular weight excluding hydrogens is 501 g/mol. The van der Waals surface area contributed by atoms with Crippen molar-refractivity contribution in [3.63, 3.8) is 0 Å². The molecule has 1 atom stereocenters. The summed E-state index contributed by atoms with van der Waals surface area (Å²) in [4.78, 5) is 15.9. The Morgan fingerprint density at radius 3 is 2.80 bits per heavy atom. The molecule has 5 rings (SSSR count). The van der Waals surface area contributed by atoms with Gasteiger partial charge in [-0.3, -0.25) is 14.5 Å². The Labute approximate surface area is 204 Å².